The largest absolute Gasteiger partial charge is 0.507 e. The number of phenols is 1. The van der Waals surface area contributed by atoms with Gasteiger partial charge in [0.15, 0.2) is 5.78 Å². The van der Waals surface area contributed by atoms with E-state index in [4.69, 9.17) is 21.6 Å². The average molecular weight is 418 g/mol. The molecule has 2 aromatic carbocycles. The van der Waals surface area contributed by atoms with E-state index >= 15 is 0 Å². The number of thioether (sulfide) groups is 1. The van der Waals surface area contributed by atoms with Gasteiger partial charge < -0.3 is 9.84 Å². The number of hydrogen-bond donors (Lipinski definition) is 1. The first-order valence-electron chi connectivity index (χ1n) is 9.24. The van der Waals surface area contributed by atoms with Gasteiger partial charge in [0.25, 0.3) is 0 Å². The summed E-state index contributed by atoms with van der Waals surface area (Å²) in [5.41, 5.74) is 1.94. The highest BCUT2D eigenvalue weighted by Gasteiger charge is 2.15. The van der Waals surface area contributed by atoms with Gasteiger partial charge >= 0.3 is 0 Å². The van der Waals surface area contributed by atoms with Gasteiger partial charge in [-0.3, -0.25) is 4.79 Å². The maximum absolute atomic E-state index is 11.6. The Labute approximate surface area is 175 Å². The maximum atomic E-state index is 11.6. The van der Waals surface area contributed by atoms with Gasteiger partial charge in [0.05, 0.1) is 29.7 Å². The van der Waals surface area contributed by atoms with Crippen molar-refractivity contribution in [2.24, 2.45) is 0 Å². The van der Waals surface area contributed by atoms with E-state index in [1.54, 1.807) is 23.9 Å². The van der Waals surface area contributed by atoms with Crippen molar-refractivity contribution in [3.63, 3.8) is 0 Å². The molecule has 0 aliphatic heterocycles. The van der Waals surface area contributed by atoms with Crippen molar-refractivity contribution in [2.75, 3.05) is 12.4 Å². The Morgan fingerprint density at radius 2 is 2.11 bits per heavy atom. The third kappa shape index (κ3) is 5.92. The molecule has 6 heteroatoms. The van der Waals surface area contributed by atoms with Crippen molar-refractivity contribution < 1.29 is 14.6 Å². The van der Waals surface area contributed by atoms with Crippen LogP contribution in [0.25, 0.3) is 0 Å². The number of ether oxygens (including phenoxy) is 1. The van der Waals surface area contributed by atoms with E-state index in [1.165, 1.54) is 6.92 Å². The number of nitrogens with zero attached hydrogens (tertiary/aromatic N) is 1. The molecule has 0 fully saturated rings. The fourth-order valence-corrected chi connectivity index (χ4v) is 4.02. The lowest BCUT2D eigenvalue weighted by Gasteiger charge is -2.14. The molecule has 0 saturated carbocycles. The van der Waals surface area contributed by atoms with Crippen molar-refractivity contribution in [2.45, 2.75) is 44.4 Å². The molecule has 0 amide bonds. The van der Waals surface area contributed by atoms with Gasteiger partial charge in [-0.1, -0.05) is 31.0 Å². The van der Waals surface area contributed by atoms with Gasteiger partial charge in [0.2, 0.25) is 0 Å². The summed E-state index contributed by atoms with van der Waals surface area (Å²) in [4.78, 5) is 12.6. The summed E-state index contributed by atoms with van der Waals surface area (Å²) < 4.78 is 5.87. The number of aromatic hydroxyl groups is 1. The lowest BCUT2D eigenvalue weighted by Crippen LogP contribution is -2.04. The van der Waals surface area contributed by atoms with Crippen LogP contribution >= 0.6 is 23.4 Å². The highest BCUT2D eigenvalue weighted by molar-refractivity contribution is 7.99. The highest BCUT2D eigenvalue weighted by Crippen LogP contribution is 2.33. The Bertz CT molecular complexity index is 877. The molecule has 2 aromatic rings. The first-order valence-corrected chi connectivity index (χ1v) is 10.6. The molecule has 0 bridgehead atoms. The maximum Gasteiger partial charge on any atom is 0.163 e. The van der Waals surface area contributed by atoms with E-state index in [0.29, 0.717) is 41.3 Å². The molecule has 0 unspecified atom stereocenters. The van der Waals surface area contributed by atoms with Crippen molar-refractivity contribution in [1.29, 1.82) is 5.26 Å². The van der Waals surface area contributed by atoms with Crippen molar-refractivity contribution in [3.8, 4) is 17.6 Å². The molecular weight excluding hydrogens is 394 g/mol. The van der Waals surface area contributed by atoms with Gasteiger partial charge in [0.1, 0.15) is 11.5 Å². The molecule has 0 aliphatic rings. The van der Waals surface area contributed by atoms with Crippen LogP contribution in [-0.2, 0) is 12.8 Å². The fourth-order valence-electron chi connectivity index (χ4n) is 2.81. The Morgan fingerprint density at radius 3 is 2.75 bits per heavy atom. The number of ketones is 1. The van der Waals surface area contributed by atoms with E-state index in [1.807, 2.05) is 25.1 Å². The number of Topliss-reactive ketones (excluding diaryl/α,β-unsaturated/α-hetero) is 1. The van der Waals surface area contributed by atoms with E-state index in [-0.39, 0.29) is 11.5 Å². The van der Waals surface area contributed by atoms with Gasteiger partial charge in [-0.25, -0.2) is 0 Å². The third-order valence-electron chi connectivity index (χ3n) is 4.20. The van der Waals surface area contributed by atoms with Crippen LogP contribution in [0.5, 0.6) is 11.5 Å². The van der Waals surface area contributed by atoms with Gasteiger partial charge in [0, 0.05) is 16.2 Å². The first kappa shape index (κ1) is 22.1. The molecule has 0 aliphatic carbocycles. The zero-order valence-corrected chi connectivity index (χ0v) is 17.7. The minimum Gasteiger partial charge on any atom is -0.507 e. The number of carbonyl (C=O) groups excluding carboxylic acids is 1. The molecule has 0 atom stereocenters. The number of nitriles is 1. The number of rotatable bonds is 10. The van der Waals surface area contributed by atoms with Crippen LogP contribution in [0.3, 0.4) is 0 Å². The molecular formula is C22H24ClNO3S. The SMILES string of the molecule is CCCc1c(OCCCSc2ccc(CC#N)cc2Cl)ccc(C(C)=O)c1O. The topological polar surface area (TPSA) is 70.3 Å². The number of benzene rings is 2. The predicted molar refractivity (Wildman–Crippen MR) is 114 cm³/mol. The summed E-state index contributed by atoms with van der Waals surface area (Å²) in [6, 6.07) is 11.2. The normalized spacial score (nSPS) is 10.5. The second kappa shape index (κ2) is 11.0. The van der Waals surface area contributed by atoms with Crippen LogP contribution in [0.15, 0.2) is 35.2 Å². The minimum absolute atomic E-state index is 0.0328. The van der Waals surface area contributed by atoms with Crippen molar-refractivity contribution >= 4 is 29.1 Å². The number of phenolic OH excluding ortho intramolecular Hbond substituents is 1. The van der Waals surface area contributed by atoms with E-state index in [0.717, 1.165) is 29.1 Å². The van der Waals surface area contributed by atoms with Gasteiger partial charge in [-0.2, -0.15) is 5.26 Å². The lowest BCUT2D eigenvalue weighted by molar-refractivity contribution is 0.101. The second-order valence-electron chi connectivity index (χ2n) is 6.39. The van der Waals surface area contributed by atoms with Crippen LogP contribution in [0.4, 0.5) is 0 Å². The number of carbonyl (C=O) groups is 1. The average Bonchev–Trinajstić information content (AvgIpc) is 2.65. The molecule has 148 valence electrons. The Morgan fingerprint density at radius 1 is 1.32 bits per heavy atom. The van der Waals surface area contributed by atoms with Crippen LogP contribution < -0.4 is 4.74 Å². The molecule has 0 spiro atoms. The molecule has 0 saturated heterocycles. The first-order chi connectivity index (χ1) is 13.5. The monoisotopic (exact) mass is 417 g/mol. The Balaban J connectivity index is 1.91. The fraction of sp³-hybridized carbons (Fsp3) is 0.364. The quantitative estimate of drug-likeness (QED) is 0.299. The summed E-state index contributed by atoms with van der Waals surface area (Å²) in [7, 11) is 0. The summed E-state index contributed by atoms with van der Waals surface area (Å²) in [6.07, 6.45) is 2.67. The zero-order chi connectivity index (χ0) is 20.5. The Kier molecular flexibility index (Phi) is 8.69. The van der Waals surface area contributed by atoms with Crippen LogP contribution in [0, 0.1) is 11.3 Å². The second-order valence-corrected chi connectivity index (χ2v) is 7.94. The van der Waals surface area contributed by atoms with Crippen LogP contribution in [0.1, 0.15) is 48.2 Å². The molecule has 2 rings (SSSR count). The molecule has 0 aromatic heterocycles. The molecule has 28 heavy (non-hydrogen) atoms. The lowest BCUT2D eigenvalue weighted by atomic mass is 10.0. The smallest absolute Gasteiger partial charge is 0.163 e. The van der Waals surface area contributed by atoms with Gasteiger partial charge in [-0.05, 0) is 49.6 Å². The van der Waals surface area contributed by atoms with Crippen molar-refractivity contribution in [3.05, 3.63) is 52.0 Å². The number of hydrogen-bond acceptors (Lipinski definition) is 5. The van der Waals surface area contributed by atoms with E-state index in [2.05, 4.69) is 6.07 Å². The van der Waals surface area contributed by atoms with E-state index < -0.39 is 0 Å². The number of halogens is 1. The third-order valence-corrected chi connectivity index (χ3v) is 5.79. The standard InChI is InChI=1S/C22H24ClNO3S/c1-3-5-18-20(8-7-17(15(2)25)22(18)26)27-12-4-13-28-21-9-6-16(10-11-24)14-19(21)23/h6-9,14,26H,3-5,10,12-13H2,1-2H3. The summed E-state index contributed by atoms with van der Waals surface area (Å²) in [5, 5.41) is 19.8. The molecule has 0 radical (unpaired) electrons. The zero-order valence-electron chi connectivity index (χ0n) is 16.1. The highest BCUT2D eigenvalue weighted by atomic mass is 35.5. The summed E-state index contributed by atoms with van der Waals surface area (Å²) in [6.45, 7) is 3.97. The van der Waals surface area contributed by atoms with Crippen LogP contribution in [-0.4, -0.2) is 23.2 Å². The predicted octanol–water partition coefficient (Wildman–Crippen LogP) is 5.83. The Hall–Kier alpha value is -2.16. The summed E-state index contributed by atoms with van der Waals surface area (Å²) in [5.74, 6) is 1.34. The van der Waals surface area contributed by atoms with Crippen molar-refractivity contribution in [1.82, 2.24) is 0 Å². The molecule has 0 heterocycles. The van der Waals surface area contributed by atoms with E-state index in [9.17, 15) is 9.90 Å². The van der Waals surface area contributed by atoms with Crippen LogP contribution in [0.2, 0.25) is 5.02 Å². The molecule has 4 nitrogen and oxygen atoms in total. The molecule has 1 N–H and O–H groups in total. The van der Waals surface area contributed by atoms with Gasteiger partial charge in [-0.15, -0.1) is 11.8 Å². The minimum atomic E-state index is -0.157. The summed E-state index contributed by atoms with van der Waals surface area (Å²) >= 11 is 7.91.